The molecule has 160 valence electrons. The van der Waals surface area contributed by atoms with Gasteiger partial charge in [-0.1, -0.05) is 13.0 Å². The molecule has 0 radical (unpaired) electrons. The van der Waals surface area contributed by atoms with E-state index in [0.29, 0.717) is 36.6 Å². The number of halogens is 1. The Labute approximate surface area is 175 Å². The van der Waals surface area contributed by atoms with Gasteiger partial charge < -0.3 is 25.0 Å². The minimum atomic E-state index is -0.430. The van der Waals surface area contributed by atoms with Crippen LogP contribution < -0.4 is 20.1 Å². The van der Waals surface area contributed by atoms with Crippen molar-refractivity contribution in [1.29, 1.82) is 0 Å². The van der Waals surface area contributed by atoms with Gasteiger partial charge in [-0.2, -0.15) is 0 Å². The van der Waals surface area contributed by atoms with Crippen molar-refractivity contribution in [2.45, 2.75) is 25.8 Å². The SMILES string of the molecule is CCC(=O)NCC1c2cc(OC)c(OC)cc2CCN1C(=O)Nc1cccc(F)c1. The van der Waals surface area contributed by atoms with Crippen LogP contribution in [0.1, 0.15) is 30.5 Å². The second-order valence-electron chi connectivity index (χ2n) is 6.96. The van der Waals surface area contributed by atoms with Gasteiger partial charge in [-0.05, 0) is 47.9 Å². The second-order valence-corrected chi connectivity index (χ2v) is 6.96. The number of amides is 3. The zero-order valence-electron chi connectivity index (χ0n) is 17.3. The summed E-state index contributed by atoms with van der Waals surface area (Å²) in [6, 6.07) is 8.72. The minimum absolute atomic E-state index is 0.104. The van der Waals surface area contributed by atoms with Crippen LogP contribution in [0.5, 0.6) is 11.5 Å². The van der Waals surface area contributed by atoms with Crippen molar-refractivity contribution in [3.8, 4) is 11.5 Å². The van der Waals surface area contributed by atoms with E-state index in [0.717, 1.165) is 11.1 Å². The van der Waals surface area contributed by atoms with Crippen molar-refractivity contribution < 1.29 is 23.5 Å². The lowest BCUT2D eigenvalue weighted by Gasteiger charge is -2.37. The Balaban J connectivity index is 1.92. The standard InChI is InChI=1S/C22H26FN3O4/c1-4-21(27)24-13-18-17-12-20(30-3)19(29-2)10-14(17)8-9-26(18)22(28)25-16-7-5-6-15(23)11-16/h5-7,10-12,18H,4,8-9,13H2,1-3H3,(H,24,27)(H,25,28). The van der Waals surface area contributed by atoms with Gasteiger partial charge in [0.25, 0.3) is 0 Å². The topological polar surface area (TPSA) is 79.9 Å². The number of methoxy groups -OCH3 is 2. The molecule has 0 saturated carbocycles. The minimum Gasteiger partial charge on any atom is -0.493 e. The summed E-state index contributed by atoms with van der Waals surface area (Å²) in [6.07, 6.45) is 0.964. The van der Waals surface area contributed by atoms with E-state index in [2.05, 4.69) is 10.6 Å². The van der Waals surface area contributed by atoms with E-state index in [1.165, 1.54) is 18.2 Å². The van der Waals surface area contributed by atoms with Crippen molar-refractivity contribution in [2.24, 2.45) is 0 Å². The number of benzene rings is 2. The molecule has 0 saturated heterocycles. The fraction of sp³-hybridized carbons (Fsp3) is 0.364. The first-order valence-electron chi connectivity index (χ1n) is 9.81. The van der Waals surface area contributed by atoms with Gasteiger partial charge in [-0.25, -0.2) is 9.18 Å². The van der Waals surface area contributed by atoms with Crippen molar-refractivity contribution in [2.75, 3.05) is 32.6 Å². The molecule has 1 heterocycles. The summed E-state index contributed by atoms with van der Waals surface area (Å²) < 4.78 is 24.3. The molecule has 7 nitrogen and oxygen atoms in total. The fourth-order valence-corrected chi connectivity index (χ4v) is 3.59. The summed E-state index contributed by atoms with van der Waals surface area (Å²) in [5, 5.41) is 5.62. The van der Waals surface area contributed by atoms with E-state index < -0.39 is 11.9 Å². The van der Waals surface area contributed by atoms with Crippen LogP contribution in [0.25, 0.3) is 0 Å². The van der Waals surface area contributed by atoms with Crippen molar-refractivity contribution in [3.05, 3.63) is 53.3 Å². The molecule has 3 rings (SSSR count). The lowest BCUT2D eigenvalue weighted by atomic mass is 9.91. The average molecular weight is 415 g/mol. The predicted octanol–water partition coefficient (Wildman–Crippen LogP) is 3.50. The monoisotopic (exact) mass is 415 g/mol. The molecule has 0 bridgehead atoms. The van der Waals surface area contributed by atoms with E-state index in [4.69, 9.17) is 9.47 Å². The Morgan fingerprint density at radius 2 is 1.90 bits per heavy atom. The van der Waals surface area contributed by atoms with Crippen LogP contribution in [0.4, 0.5) is 14.9 Å². The number of fused-ring (bicyclic) bond motifs is 1. The zero-order chi connectivity index (χ0) is 21.7. The largest absolute Gasteiger partial charge is 0.493 e. The van der Waals surface area contributed by atoms with Gasteiger partial charge in [0.05, 0.1) is 20.3 Å². The van der Waals surface area contributed by atoms with E-state index in [9.17, 15) is 14.0 Å². The molecule has 1 aliphatic rings. The van der Waals surface area contributed by atoms with Crippen LogP contribution in [0.15, 0.2) is 36.4 Å². The van der Waals surface area contributed by atoms with Gasteiger partial charge in [0.2, 0.25) is 5.91 Å². The van der Waals surface area contributed by atoms with Gasteiger partial charge in [-0.3, -0.25) is 4.79 Å². The third kappa shape index (κ3) is 4.64. The molecule has 0 fully saturated rings. The second kappa shape index (κ2) is 9.47. The average Bonchev–Trinajstić information content (AvgIpc) is 2.75. The number of carbonyl (C=O) groups excluding carboxylic acids is 2. The maximum atomic E-state index is 13.5. The quantitative estimate of drug-likeness (QED) is 0.757. The number of hydrogen-bond acceptors (Lipinski definition) is 4. The van der Waals surface area contributed by atoms with Gasteiger partial charge in [0.1, 0.15) is 5.82 Å². The molecule has 1 atom stereocenters. The number of hydrogen-bond donors (Lipinski definition) is 2. The summed E-state index contributed by atoms with van der Waals surface area (Å²) in [4.78, 5) is 26.5. The lowest BCUT2D eigenvalue weighted by Crippen LogP contribution is -2.46. The van der Waals surface area contributed by atoms with Crippen molar-refractivity contribution >= 4 is 17.6 Å². The molecule has 30 heavy (non-hydrogen) atoms. The predicted molar refractivity (Wildman–Crippen MR) is 111 cm³/mol. The highest BCUT2D eigenvalue weighted by molar-refractivity contribution is 5.90. The molecule has 0 aromatic heterocycles. The third-order valence-electron chi connectivity index (χ3n) is 5.15. The molecule has 8 heteroatoms. The molecule has 3 amide bonds. The van der Waals surface area contributed by atoms with E-state index >= 15 is 0 Å². The van der Waals surface area contributed by atoms with Crippen LogP contribution in [-0.4, -0.2) is 44.1 Å². The highest BCUT2D eigenvalue weighted by Crippen LogP contribution is 2.38. The normalized spacial score (nSPS) is 15.2. The Bertz CT molecular complexity index is 935. The van der Waals surface area contributed by atoms with Crippen LogP contribution in [0, 0.1) is 5.82 Å². The van der Waals surface area contributed by atoms with E-state index in [1.807, 2.05) is 12.1 Å². The number of nitrogens with one attached hydrogen (secondary N) is 2. The summed E-state index contributed by atoms with van der Waals surface area (Å²) >= 11 is 0. The van der Waals surface area contributed by atoms with Crippen LogP contribution >= 0.6 is 0 Å². The molecule has 2 N–H and O–H groups in total. The first kappa shape index (κ1) is 21.4. The van der Waals surface area contributed by atoms with Crippen LogP contribution in [-0.2, 0) is 11.2 Å². The molecule has 0 spiro atoms. The summed E-state index contributed by atoms with van der Waals surface area (Å²) in [5.41, 5.74) is 2.28. The Kier molecular flexibility index (Phi) is 6.76. The summed E-state index contributed by atoms with van der Waals surface area (Å²) in [7, 11) is 3.13. The van der Waals surface area contributed by atoms with Crippen LogP contribution in [0.2, 0.25) is 0 Å². The summed E-state index contributed by atoms with van der Waals surface area (Å²) in [6.45, 7) is 2.47. The molecule has 2 aromatic carbocycles. The van der Waals surface area contributed by atoms with Gasteiger partial charge in [0.15, 0.2) is 11.5 Å². The number of anilines is 1. The maximum Gasteiger partial charge on any atom is 0.322 e. The molecule has 1 aliphatic heterocycles. The first-order chi connectivity index (χ1) is 14.5. The van der Waals surface area contributed by atoms with Crippen LogP contribution in [0.3, 0.4) is 0 Å². The fourth-order valence-electron chi connectivity index (χ4n) is 3.59. The van der Waals surface area contributed by atoms with Gasteiger partial charge in [0, 0.05) is 25.2 Å². The Morgan fingerprint density at radius 1 is 1.17 bits per heavy atom. The summed E-state index contributed by atoms with van der Waals surface area (Å²) in [5.74, 6) is 0.634. The first-order valence-corrected chi connectivity index (χ1v) is 9.81. The molecule has 0 aliphatic carbocycles. The Hall–Kier alpha value is -3.29. The molecule has 2 aromatic rings. The highest BCUT2D eigenvalue weighted by atomic mass is 19.1. The zero-order valence-corrected chi connectivity index (χ0v) is 17.3. The number of urea groups is 1. The lowest BCUT2D eigenvalue weighted by molar-refractivity contribution is -0.121. The third-order valence-corrected chi connectivity index (χ3v) is 5.15. The Morgan fingerprint density at radius 3 is 2.57 bits per heavy atom. The maximum absolute atomic E-state index is 13.5. The smallest absolute Gasteiger partial charge is 0.322 e. The van der Waals surface area contributed by atoms with E-state index in [-0.39, 0.29) is 18.5 Å². The molecular weight excluding hydrogens is 389 g/mol. The number of nitrogens with zero attached hydrogens (tertiary/aromatic N) is 1. The van der Waals surface area contributed by atoms with Gasteiger partial charge >= 0.3 is 6.03 Å². The number of rotatable bonds is 6. The highest BCUT2D eigenvalue weighted by Gasteiger charge is 2.32. The molecular formula is C22H26FN3O4. The number of carbonyl (C=O) groups is 2. The van der Waals surface area contributed by atoms with Gasteiger partial charge in [-0.15, -0.1) is 0 Å². The van der Waals surface area contributed by atoms with E-state index in [1.54, 1.807) is 32.1 Å². The van der Waals surface area contributed by atoms with Crippen molar-refractivity contribution in [1.82, 2.24) is 10.2 Å². The number of ether oxygens (including phenoxy) is 2. The van der Waals surface area contributed by atoms with Crippen molar-refractivity contribution in [3.63, 3.8) is 0 Å². The molecule has 1 unspecified atom stereocenters.